The Labute approximate surface area is 115 Å². The summed E-state index contributed by atoms with van der Waals surface area (Å²) in [6.07, 6.45) is 3.02. The molecule has 1 aliphatic heterocycles. The second-order valence-electron chi connectivity index (χ2n) is 4.67. The van der Waals surface area contributed by atoms with Crippen LogP contribution in [0.15, 0.2) is 6.20 Å². The van der Waals surface area contributed by atoms with Gasteiger partial charge in [0, 0.05) is 17.6 Å². The number of hydrogen-bond acceptors (Lipinski definition) is 4. The number of thiazole rings is 1. The summed E-state index contributed by atoms with van der Waals surface area (Å²) in [6, 6.07) is -1.24. The average molecular weight is 283 g/mol. The van der Waals surface area contributed by atoms with Gasteiger partial charge in [-0.2, -0.15) is 0 Å². The zero-order valence-corrected chi connectivity index (χ0v) is 11.7. The van der Waals surface area contributed by atoms with Crippen molar-refractivity contribution in [3.63, 3.8) is 0 Å². The first kappa shape index (κ1) is 13.8. The second-order valence-corrected chi connectivity index (χ2v) is 5.94. The topological polar surface area (TPSA) is 82.5 Å². The molecule has 0 spiro atoms. The van der Waals surface area contributed by atoms with Crippen LogP contribution in [0.4, 0.5) is 4.79 Å². The normalized spacial score (nSPS) is 20.3. The van der Waals surface area contributed by atoms with E-state index in [9.17, 15) is 9.59 Å². The van der Waals surface area contributed by atoms with Gasteiger partial charge in [0.1, 0.15) is 11.0 Å². The van der Waals surface area contributed by atoms with Crippen molar-refractivity contribution in [1.82, 2.24) is 15.2 Å². The van der Waals surface area contributed by atoms with Gasteiger partial charge in [-0.3, -0.25) is 0 Å². The maximum atomic E-state index is 12.1. The van der Waals surface area contributed by atoms with Crippen molar-refractivity contribution < 1.29 is 14.7 Å². The van der Waals surface area contributed by atoms with Crippen LogP contribution in [0.3, 0.4) is 0 Å². The van der Waals surface area contributed by atoms with Crippen molar-refractivity contribution in [2.45, 2.75) is 38.8 Å². The highest BCUT2D eigenvalue weighted by molar-refractivity contribution is 7.11. The Balaban J connectivity index is 1.99. The van der Waals surface area contributed by atoms with Gasteiger partial charge >= 0.3 is 12.0 Å². The third kappa shape index (κ3) is 3.04. The Bertz CT molecular complexity index is 488. The van der Waals surface area contributed by atoms with Gasteiger partial charge in [0.25, 0.3) is 0 Å². The lowest BCUT2D eigenvalue weighted by molar-refractivity contribution is -0.141. The van der Waals surface area contributed by atoms with Crippen molar-refractivity contribution in [1.29, 1.82) is 0 Å². The lowest BCUT2D eigenvalue weighted by Gasteiger charge is -2.23. The van der Waals surface area contributed by atoms with E-state index >= 15 is 0 Å². The summed E-state index contributed by atoms with van der Waals surface area (Å²) in [5.74, 6) is -0.939. The molecule has 7 heteroatoms. The number of rotatable bonds is 3. The molecule has 19 heavy (non-hydrogen) atoms. The third-order valence-corrected chi connectivity index (χ3v) is 4.24. The first-order chi connectivity index (χ1) is 8.99. The molecular formula is C12H17N3O3S. The summed E-state index contributed by atoms with van der Waals surface area (Å²) < 4.78 is 0. The van der Waals surface area contributed by atoms with Crippen LogP contribution in [-0.2, 0) is 4.79 Å². The highest BCUT2D eigenvalue weighted by atomic mass is 32.1. The molecule has 1 unspecified atom stereocenters. The zero-order valence-electron chi connectivity index (χ0n) is 10.9. The van der Waals surface area contributed by atoms with Gasteiger partial charge < -0.3 is 15.3 Å². The smallest absolute Gasteiger partial charge is 0.326 e. The molecule has 1 aromatic rings. The number of urea groups is 1. The first-order valence-corrected chi connectivity index (χ1v) is 7.03. The summed E-state index contributed by atoms with van der Waals surface area (Å²) in [6.45, 7) is 4.30. The Kier molecular flexibility index (Phi) is 4.04. The van der Waals surface area contributed by atoms with Crippen LogP contribution in [-0.4, -0.2) is 39.6 Å². The van der Waals surface area contributed by atoms with Crippen LogP contribution in [0.2, 0.25) is 0 Å². The van der Waals surface area contributed by atoms with Crippen LogP contribution >= 0.6 is 11.3 Å². The van der Waals surface area contributed by atoms with Gasteiger partial charge in [-0.15, -0.1) is 11.3 Å². The summed E-state index contributed by atoms with van der Waals surface area (Å²) in [7, 11) is 0. The fraction of sp³-hybridized carbons (Fsp3) is 0.583. The van der Waals surface area contributed by atoms with Gasteiger partial charge in [0.15, 0.2) is 0 Å². The Morgan fingerprint density at radius 3 is 2.95 bits per heavy atom. The number of nitrogens with zero attached hydrogens (tertiary/aromatic N) is 2. The third-order valence-electron chi connectivity index (χ3n) is 3.15. The summed E-state index contributed by atoms with van der Waals surface area (Å²) >= 11 is 1.53. The van der Waals surface area contributed by atoms with Crippen LogP contribution in [0.25, 0.3) is 0 Å². The van der Waals surface area contributed by atoms with E-state index in [0.29, 0.717) is 13.0 Å². The molecule has 0 aliphatic carbocycles. The molecule has 1 aliphatic rings. The molecule has 0 aromatic carbocycles. The van der Waals surface area contributed by atoms with E-state index in [-0.39, 0.29) is 12.1 Å². The summed E-state index contributed by atoms with van der Waals surface area (Å²) in [5.41, 5.74) is 0. The van der Waals surface area contributed by atoms with Gasteiger partial charge in [0.05, 0.1) is 6.04 Å². The Hall–Kier alpha value is -1.63. The van der Waals surface area contributed by atoms with Gasteiger partial charge in [-0.1, -0.05) is 0 Å². The SMILES string of the molecule is Cc1cnc(C(C)NC(=O)N2CCC[C@H]2C(=O)O)s1. The number of carboxylic acids is 1. The molecule has 2 atom stereocenters. The summed E-state index contributed by atoms with van der Waals surface area (Å²) in [5, 5.41) is 12.7. The zero-order chi connectivity index (χ0) is 14.0. The van der Waals surface area contributed by atoms with E-state index in [1.165, 1.54) is 16.2 Å². The fourth-order valence-corrected chi connectivity index (χ4v) is 2.95. The highest BCUT2D eigenvalue weighted by Gasteiger charge is 2.34. The molecule has 2 heterocycles. The number of amides is 2. The predicted octanol–water partition coefficient (Wildman–Crippen LogP) is 1.77. The minimum Gasteiger partial charge on any atom is -0.480 e. The van der Waals surface area contributed by atoms with Crippen LogP contribution < -0.4 is 5.32 Å². The van der Waals surface area contributed by atoms with Crippen LogP contribution in [0.1, 0.15) is 35.7 Å². The maximum Gasteiger partial charge on any atom is 0.326 e. The minimum absolute atomic E-state index is 0.207. The van der Waals surface area contributed by atoms with E-state index < -0.39 is 12.0 Å². The molecule has 6 nitrogen and oxygen atoms in total. The number of nitrogens with one attached hydrogen (secondary N) is 1. The van der Waals surface area contributed by atoms with E-state index in [0.717, 1.165) is 16.3 Å². The molecule has 1 saturated heterocycles. The predicted molar refractivity (Wildman–Crippen MR) is 71.2 cm³/mol. The quantitative estimate of drug-likeness (QED) is 0.885. The van der Waals surface area contributed by atoms with Gasteiger partial charge in [-0.05, 0) is 26.7 Å². The van der Waals surface area contributed by atoms with E-state index in [1.807, 2.05) is 13.8 Å². The standard InChI is InChI=1S/C12H17N3O3S/c1-7-6-13-10(19-7)8(2)14-12(18)15-5-3-4-9(15)11(16)17/h6,8-9H,3-5H2,1-2H3,(H,14,18)(H,16,17)/t8?,9-/m0/s1. The molecule has 2 N–H and O–H groups in total. The molecule has 0 saturated carbocycles. The molecule has 0 radical (unpaired) electrons. The monoisotopic (exact) mass is 283 g/mol. The number of aromatic nitrogens is 1. The number of hydrogen-bond donors (Lipinski definition) is 2. The Morgan fingerprint density at radius 2 is 2.37 bits per heavy atom. The summed E-state index contributed by atoms with van der Waals surface area (Å²) in [4.78, 5) is 29.8. The molecule has 1 aromatic heterocycles. The lowest BCUT2D eigenvalue weighted by Crippen LogP contribution is -2.46. The average Bonchev–Trinajstić information content (AvgIpc) is 2.96. The number of carboxylic acid groups (broad SMARTS) is 1. The number of aliphatic carboxylic acids is 1. The molecule has 2 amide bonds. The number of carbonyl (C=O) groups excluding carboxylic acids is 1. The van der Waals surface area contributed by atoms with E-state index in [1.54, 1.807) is 6.20 Å². The molecule has 104 valence electrons. The molecule has 1 fully saturated rings. The maximum absolute atomic E-state index is 12.1. The van der Waals surface area contributed by atoms with Gasteiger partial charge in [-0.25, -0.2) is 14.6 Å². The van der Waals surface area contributed by atoms with Crippen molar-refractivity contribution in [2.24, 2.45) is 0 Å². The number of carbonyl (C=O) groups is 2. The highest BCUT2D eigenvalue weighted by Crippen LogP contribution is 2.21. The number of aryl methyl sites for hydroxylation is 1. The first-order valence-electron chi connectivity index (χ1n) is 6.21. The van der Waals surface area contributed by atoms with E-state index in [4.69, 9.17) is 5.11 Å². The van der Waals surface area contributed by atoms with Crippen LogP contribution in [0.5, 0.6) is 0 Å². The van der Waals surface area contributed by atoms with Crippen molar-refractivity contribution in [3.8, 4) is 0 Å². The Morgan fingerprint density at radius 1 is 1.63 bits per heavy atom. The second kappa shape index (κ2) is 5.56. The fourth-order valence-electron chi connectivity index (χ4n) is 2.17. The van der Waals surface area contributed by atoms with Crippen molar-refractivity contribution >= 4 is 23.3 Å². The molecule has 0 bridgehead atoms. The minimum atomic E-state index is -0.939. The van der Waals surface area contributed by atoms with Crippen molar-refractivity contribution in [3.05, 3.63) is 16.1 Å². The van der Waals surface area contributed by atoms with Crippen LogP contribution in [0, 0.1) is 6.92 Å². The van der Waals surface area contributed by atoms with Crippen molar-refractivity contribution in [2.75, 3.05) is 6.54 Å². The lowest BCUT2D eigenvalue weighted by atomic mass is 10.2. The number of likely N-dealkylation sites (tertiary alicyclic amines) is 1. The largest absolute Gasteiger partial charge is 0.480 e. The molecular weight excluding hydrogens is 266 g/mol. The van der Waals surface area contributed by atoms with Gasteiger partial charge in [0.2, 0.25) is 0 Å². The molecule has 2 rings (SSSR count). The van der Waals surface area contributed by atoms with E-state index in [2.05, 4.69) is 10.3 Å².